The number of hydrogen-bond donors (Lipinski definition) is 2. The number of carboxylic acid groups (broad SMARTS) is 1. The van der Waals surface area contributed by atoms with E-state index in [1.54, 1.807) is 30.3 Å². The van der Waals surface area contributed by atoms with Gasteiger partial charge in [0.05, 0.1) is 39.1 Å². The summed E-state index contributed by atoms with van der Waals surface area (Å²) in [6.45, 7) is 4.02. The minimum atomic E-state index is -1.08. The van der Waals surface area contributed by atoms with Crippen LogP contribution in [0, 0.1) is 5.41 Å². The van der Waals surface area contributed by atoms with Crippen LogP contribution in [0.5, 0.6) is 5.75 Å². The van der Waals surface area contributed by atoms with E-state index >= 15 is 0 Å². The van der Waals surface area contributed by atoms with Gasteiger partial charge < -0.3 is 29.4 Å². The Morgan fingerprint density at radius 2 is 2.00 bits per heavy atom. The summed E-state index contributed by atoms with van der Waals surface area (Å²) in [7, 11) is 1.28. The highest BCUT2D eigenvalue weighted by Crippen LogP contribution is 2.33. The van der Waals surface area contributed by atoms with Crippen LogP contribution in [-0.4, -0.2) is 57.3 Å². The Kier molecular flexibility index (Phi) is 7.95. The Morgan fingerprint density at radius 3 is 2.62 bits per heavy atom. The number of nitrogens with one attached hydrogen (secondary N) is 1. The van der Waals surface area contributed by atoms with Crippen LogP contribution < -0.4 is 10.1 Å². The van der Waals surface area contributed by atoms with Gasteiger partial charge in [-0.1, -0.05) is 30.7 Å². The molecule has 1 amide bonds. The zero-order chi connectivity index (χ0) is 23.1. The molecule has 0 bridgehead atoms. The standard InChI is InChI=1S/C23H26ClNO7/c1-23(12-30-13-23)14-32-19-10-16(8-17(11-19)21(26)27)20(15-4-3-5-18(24)9-15)31-7-6-25-22(28)29-2/h3-5,8-11,20H,6-7,12-14H2,1-2H3,(H,25,28)(H,26,27). The van der Waals surface area contributed by atoms with E-state index in [0.29, 0.717) is 36.2 Å². The molecule has 3 rings (SSSR count). The van der Waals surface area contributed by atoms with Crippen LogP contribution in [-0.2, 0) is 14.2 Å². The van der Waals surface area contributed by atoms with Crippen LogP contribution in [0.25, 0.3) is 0 Å². The van der Waals surface area contributed by atoms with Gasteiger partial charge in [0.15, 0.2) is 0 Å². The highest BCUT2D eigenvalue weighted by atomic mass is 35.5. The van der Waals surface area contributed by atoms with E-state index in [-0.39, 0.29) is 24.1 Å². The summed E-state index contributed by atoms with van der Waals surface area (Å²) < 4.78 is 21.8. The van der Waals surface area contributed by atoms with E-state index in [4.69, 9.17) is 25.8 Å². The van der Waals surface area contributed by atoms with Crippen LogP contribution in [0.1, 0.15) is 34.5 Å². The first-order chi connectivity index (χ1) is 15.3. The summed E-state index contributed by atoms with van der Waals surface area (Å²) in [6.07, 6.45) is -1.19. The second-order valence-electron chi connectivity index (χ2n) is 7.91. The van der Waals surface area contributed by atoms with Crippen molar-refractivity contribution in [3.05, 3.63) is 64.2 Å². The minimum absolute atomic E-state index is 0.0795. The van der Waals surface area contributed by atoms with E-state index in [1.165, 1.54) is 13.2 Å². The predicted molar refractivity (Wildman–Crippen MR) is 117 cm³/mol. The van der Waals surface area contributed by atoms with Crippen molar-refractivity contribution in [3.8, 4) is 5.75 Å². The van der Waals surface area contributed by atoms with Crippen molar-refractivity contribution in [2.45, 2.75) is 13.0 Å². The Bertz CT molecular complexity index is 961. The molecule has 0 radical (unpaired) electrons. The van der Waals surface area contributed by atoms with E-state index in [0.717, 1.165) is 5.56 Å². The van der Waals surface area contributed by atoms with E-state index < -0.39 is 18.2 Å². The van der Waals surface area contributed by atoms with Gasteiger partial charge >= 0.3 is 12.1 Å². The maximum absolute atomic E-state index is 11.8. The SMILES string of the molecule is COC(=O)NCCOC(c1cccc(Cl)c1)c1cc(OCC2(C)COC2)cc(C(=O)O)c1. The Morgan fingerprint density at radius 1 is 1.22 bits per heavy atom. The Labute approximate surface area is 191 Å². The van der Waals surface area contributed by atoms with Crippen molar-refractivity contribution < 1.29 is 33.6 Å². The highest BCUT2D eigenvalue weighted by Gasteiger charge is 2.34. The van der Waals surface area contributed by atoms with Crippen molar-refractivity contribution >= 4 is 23.7 Å². The van der Waals surface area contributed by atoms with Crippen molar-refractivity contribution in [2.75, 3.05) is 40.1 Å². The summed E-state index contributed by atoms with van der Waals surface area (Å²) in [5, 5.41) is 12.7. The number of rotatable bonds is 10. The van der Waals surface area contributed by atoms with Crippen LogP contribution in [0.4, 0.5) is 4.79 Å². The number of halogens is 1. The lowest BCUT2D eigenvalue weighted by atomic mass is 9.90. The van der Waals surface area contributed by atoms with Crippen LogP contribution in [0.2, 0.25) is 5.02 Å². The number of aromatic carboxylic acids is 1. The topological polar surface area (TPSA) is 103 Å². The smallest absolute Gasteiger partial charge is 0.406 e. The second kappa shape index (κ2) is 10.7. The highest BCUT2D eigenvalue weighted by molar-refractivity contribution is 6.30. The molecular formula is C23H26ClNO7. The fraction of sp³-hybridized carbons (Fsp3) is 0.391. The molecule has 0 aliphatic carbocycles. The van der Waals surface area contributed by atoms with Crippen LogP contribution in [0.15, 0.2) is 42.5 Å². The molecule has 1 atom stereocenters. The van der Waals surface area contributed by atoms with Gasteiger partial charge in [-0.3, -0.25) is 0 Å². The molecule has 1 fully saturated rings. The van der Waals surface area contributed by atoms with Crippen LogP contribution in [0.3, 0.4) is 0 Å². The predicted octanol–water partition coefficient (Wildman–Crippen LogP) is 3.92. The van der Waals surface area contributed by atoms with Crippen molar-refractivity contribution in [1.29, 1.82) is 0 Å². The number of benzene rings is 2. The number of hydrogen-bond acceptors (Lipinski definition) is 6. The van der Waals surface area contributed by atoms with E-state index in [2.05, 4.69) is 10.1 Å². The normalized spacial score (nSPS) is 15.3. The van der Waals surface area contributed by atoms with Gasteiger partial charge in [0.2, 0.25) is 0 Å². The summed E-state index contributed by atoms with van der Waals surface area (Å²) in [6, 6.07) is 11.9. The maximum atomic E-state index is 11.8. The first-order valence-corrected chi connectivity index (χ1v) is 10.5. The van der Waals surface area contributed by atoms with Gasteiger partial charge in [0, 0.05) is 17.0 Å². The number of methoxy groups -OCH3 is 1. The summed E-state index contributed by atoms with van der Waals surface area (Å²) >= 11 is 6.17. The van der Waals surface area contributed by atoms with Gasteiger partial charge in [0.25, 0.3) is 0 Å². The molecule has 172 valence electrons. The molecule has 1 aliphatic heterocycles. The third kappa shape index (κ3) is 6.35. The number of ether oxygens (including phenoxy) is 4. The molecule has 1 heterocycles. The number of amides is 1. The molecular weight excluding hydrogens is 438 g/mol. The third-order valence-electron chi connectivity index (χ3n) is 4.96. The average molecular weight is 464 g/mol. The summed E-state index contributed by atoms with van der Waals surface area (Å²) in [5.41, 5.74) is 1.32. The largest absolute Gasteiger partial charge is 0.493 e. The van der Waals surface area contributed by atoms with Gasteiger partial charge in [-0.15, -0.1) is 0 Å². The van der Waals surface area contributed by atoms with Crippen molar-refractivity contribution in [3.63, 3.8) is 0 Å². The first kappa shape index (κ1) is 23.8. The van der Waals surface area contributed by atoms with Crippen molar-refractivity contribution in [2.24, 2.45) is 5.41 Å². The summed E-state index contributed by atoms with van der Waals surface area (Å²) in [4.78, 5) is 23.0. The number of carbonyl (C=O) groups excluding carboxylic acids is 1. The molecule has 2 aromatic carbocycles. The van der Waals surface area contributed by atoms with Gasteiger partial charge in [0.1, 0.15) is 11.9 Å². The molecule has 0 saturated carbocycles. The Balaban J connectivity index is 1.87. The average Bonchev–Trinajstić information content (AvgIpc) is 2.75. The van der Waals surface area contributed by atoms with E-state index in [9.17, 15) is 14.7 Å². The second-order valence-corrected chi connectivity index (χ2v) is 8.35. The van der Waals surface area contributed by atoms with E-state index in [1.807, 2.05) is 13.0 Å². The lowest BCUT2D eigenvalue weighted by molar-refractivity contribution is -0.120. The number of alkyl carbamates (subject to hydrolysis) is 1. The molecule has 1 saturated heterocycles. The fourth-order valence-corrected chi connectivity index (χ4v) is 3.43. The molecule has 1 unspecified atom stereocenters. The third-order valence-corrected chi connectivity index (χ3v) is 5.19. The van der Waals surface area contributed by atoms with Gasteiger partial charge in [-0.05, 0) is 41.5 Å². The monoisotopic (exact) mass is 463 g/mol. The van der Waals surface area contributed by atoms with Gasteiger partial charge in [-0.2, -0.15) is 0 Å². The quantitative estimate of drug-likeness (QED) is 0.515. The Hall–Kier alpha value is -2.81. The molecule has 0 aromatic heterocycles. The fourth-order valence-electron chi connectivity index (χ4n) is 3.23. The molecule has 2 aromatic rings. The van der Waals surface area contributed by atoms with Gasteiger partial charge in [-0.25, -0.2) is 9.59 Å². The molecule has 32 heavy (non-hydrogen) atoms. The molecule has 9 heteroatoms. The molecule has 0 spiro atoms. The zero-order valence-corrected chi connectivity index (χ0v) is 18.7. The lowest BCUT2D eigenvalue weighted by Crippen LogP contribution is -2.44. The number of carbonyl (C=O) groups is 2. The summed E-state index contributed by atoms with van der Waals surface area (Å²) in [5.74, 6) is -0.650. The maximum Gasteiger partial charge on any atom is 0.406 e. The molecule has 1 aliphatic rings. The molecule has 2 N–H and O–H groups in total. The minimum Gasteiger partial charge on any atom is -0.493 e. The zero-order valence-electron chi connectivity index (χ0n) is 17.9. The molecule has 8 nitrogen and oxygen atoms in total. The lowest BCUT2D eigenvalue weighted by Gasteiger charge is -2.37. The number of carboxylic acids is 1. The first-order valence-electron chi connectivity index (χ1n) is 10.1. The van der Waals surface area contributed by atoms with Crippen molar-refractivity contribution in [1.82, 2.24) is 5.32 Å². The van der Waals surface area contributed by atoms with Crippen LogP contribution >= 0.6 is 11.6 Å².